The molecule has 0 spiro atoms. The SMILES string of the molecule is Cc1cc(C)cc(-c2cccc3c2C=C2[CH]3[Hf]([CH3])([CH3])[CH]3C(=Cc4c(-c5cc(C)cc(C)c5)cccc43)C2(CC(C)C)CC(C)C)c1. The van der Waals surface area contributed by atoms with E-state index in [1.165, 1.54) is 68.5 Å². The van der Waals surface area contributed by atoms with Gasteiger partial charge in [0.15, 0.2) is 0 Å². The van der Waals surface area contributed by atoms with Gasteiger partial charge in [-0.3, -0.25) is 0 Å². The Balaban J connectivity index is 1.51. The Labute approximate surface area is 283 Å². The van der Waals surface area contributed by atoms with Crippen molar-refractivity contribution in [3.05, 3.63) is 128 Å². The summed E-state index contributed by atoms with van der Waals surface area (Å²) in [5.74, 6) is 1.23. The first-order chi connectivity index (χ1) is 21.8. The van der Waals surface area contributed by atoms with Gasteiger partial charge in [0.2, 0.25) is 0 Å². The zero-order chi connectivity index (χ0) is 32.7. The summed E-state index contributed by atoms with van der Waals surface area (Å²) in [7, 11) is 0. The molecule has 4 aromatic carbocycles. The molecule has 3 aliphatic rings. The average molecular weight is 771 g/mol. The molecule has 2 atom stereocenters. The first-order valence-electron chi connectivity index (χ1n) is 17.7. The molecule has 1 saturated heterocycles. The van der Waals surface area contributed by atoms with Crippen molar-refractivity contribution in [3.8, 4) is 22.3 Å². The van der Waals surface area contributed by atoms with Crippen molar-refractivity contribution in [2.24, 2.45) is 17.3 Å². The number of fused-ring (bicyclic) bond motifs is 6. The fraction of sp³-hybridized carbons (Fsp3) is 0.378. The molecule has 0 amide bonds. The number of rotatable bonds is 6. The van der Waals surface area contributed by atoms with Crippen molar-refractivity contribution in [1.29, 1.82) is 0 Å². The molecule has 0 aromatic heterocycles. The molecule has 2 unspecified atom stereocenters. The van der Waals surface area contributed by atoms with Gasteiger partial charge in [-0.2, -0.15) is 0 Å². The van der Waals surface area contributed by atoms with Gasteiger partial charge in [-0.25, -0.2) is 0 Å². The molecule has 4 aromatic rings. The maximum absolute atomic E-state index is 3.17. The van der Waals surface area contributed by atoms with Crippen molar-refractivity contribution in [1.82, 2.24) is 0 Å². The molecule has 236 valence electrons. The summed E-state index contributed by atoms with van der Waals surface area (Å²) in [4.78, 5) is 0. The third kappa shape index (κ3) is 5.03. The molecule has 46 heavy (non-hydrogen) atoms. The van der Waals surface area contributed by atoms with Gasteiger partial charge in [0, 0.05) is 0 Å². The van der Waals surface area contributed by atoms with E-state index in [9.17, 15) is 0 Å². The van der Waals surface area contributed by atoms with Crippen LogP contribution in [0.3, 0.4) is 0 Å². The summed E-state index contributed by atoms with van der Waals surface area (Å²) < 4.78 is 6.80. The fourth-order valence-electron chi connectivity index (χ4n) is 10.3. The van der Waals surface area contributed by atoms with Gasteiger partial charge in [-0.05, 0) is 0 Å². The van der Waals surface area contributed by atoms with Crippen LogP contribution in [0.1, 0.15) is 92.4 Å². The van der Waals surface area contributed by atoms with Crippen LogP contribution < -0.4 is 0 Å². The topological polar surface area (TPSA) is 0 Å². The van der Waals surface area contributed by atoms with E-state index >= 15 is 0 Å². The van der Waals surface area contributed by atoms with Gasteiger partial charge in [-0.1, -0.05) is 0 Å². The van der Waals surface area contributed by atoms with Crippen molar-refractivity contribution < 1.29 is 20.0 Å². The first kappa shape index (κ1) is 31.8. The van der Waals surface area contributed by atoms with Crippen molar-refractivity contribution >= 4 is 12.2 Å². The van der Waals surface area contributed by atoms with E-state index in [4.69, 9.17) is 0 Å². The molecule has 0 N–H and O–H groups in total. The standard InChI is InChI=1S/C43H46.2CH3.Hf/c1-27(2)25-43(26-28(3)4,37-21-33-11-9-13-39(41(33)23-37)35-17-29(5)15-30(6)18-35)38-22-34-12-10-14-40(42(34)24-38)36-19-31(7)16-32(8)20-36;;;/h9-24,27-28H,25-26H2,1-8H3;2*1H3;. The van der Waals surface area contributed by atoms with Crippen molar-refractivity contribution in [3.63, 3.8) is 0 Å². The van der Waals surface area contributed by atoms with E-state index in [0.29, 0.717) is 19.2 Å². The Hall–Kier alpha value is -2.77. The van der Waals surface area contributed by atoms with Crippen molar-refractivity contribution in [2.75, 3.05) is 0 Å². The molecule has 1 heteroatoms. The maximum atomic E-state index is 2.80. The van der Waals surface area contributed by atoms with E-state index in [1.807, 2.05) is 0 Å². The summed E-state index contributed by atoms with van der Waals surface area (Å²) >= 11 is -3.17. The molecule has 7 rings (SSSR count). The number of allylic oxidation sites excluding steroid dienone is 2. The Kier molecular flexibility index (Phi) is 7.91. The van der Waals surface area contributed by atoms with E-state index in [-0.39, 0.29) is 5.41 Å². The second kappa shape index (κ2) is 11.4. The number of hydrogen-bond donors (Lipinski definition) is 0. The molecule has 0 saturated carbocycles. The first-order valence-corrected chi connectivity index (χ1v) is 29.0. The van der Waals surface area contributed by atoms with E-state index < -0.39 is 20.0 Å². The van der Waals surface area contributed by atoms with Gasteiger partial charge in [-0.15, -0.1) is 0 Å². The summed E-state index contributed by atoms with van der Waals surface area (Å²) in [5.41, 5.74) is 20.9. The number of hydrogen-bond acceptors (Lipinski definition) is 0. The van der Waals surface area contributed by atoms with Crippen molar-refractivity contribution in [2.45, 2.75) is 84.9 Å². The third-order valence-corrected chi connectivity index (χ3v) is 26.5. The summed E-state index contributed by atoms with van der Waals surface area (Å²) in [6.07, 6.45) is 7.92. The van der Waals surface area contributed by atoms with Gasteiger partial charge >= 0.3 is 285 Å². The molecular formula is C45H52Hf. The molecule has 0 nitrogen and oxygen atoms in total. The molecule has 2 aliphatic carbocycles. The van der Waals surface area contributed by atoms with E-state index in [1.54, 1.807) is 22.3 Å². The van der Waals surface area contributed by atoms with E-state index in [2.05, 4.69) is 150 Å². The van der Waals surface area contributed by atoms with Crippen LogP contribution in [0.25, 0.3) is 34.4 Å². The average Bonchev–Trinajstić information content (AvgIpc) is 3.56. The van der Waals surface area contributed by atoms with Crippen LogP contribution >= 0.6 is 0 Å². The predicted molar refractivity (Wildman–Crippen MR) is 197 cm³/mol. The summed E-state index contributed by atoms with van der Waals surface area (Å²) in [5, 5.41) is 0. The van der Waals surface area contributed by atoms with Gasteiger partial charge in [0.25, 0.3) is 0 Å². The Morgan fingerprint density at radius 1 is 0.565 bits per heavy atom. The zero-order valence-electron chi connectivity index (χ0n) is 29.8. The molecule has 1 fully saturated rings. The third-order valence-electron chi connectivity index (χ3n) is 11.3. The number of aryl methyl sites for hydroxylation is 4. The Morgan fingerprint density at radius 3 is 1.28 bits per heavy atom. The van der Waals surface area contributed by atoms with Crippen LogP contribution in [0.15, 0.2) is 83.9 Å². The quantitative estimate of drug-likeness (QED) is 0.171. The Morgan fingerprint density at radius 2 is 0.935 bits per heavy atom. The minimum absolute atomic E-state index is 0.0742. The van der Waals surface area contributed by atoms with Crippen LogP contribution in [0.4, 0.5) is 0 Å². The van der Waals surface area contributed by atoms with Crippen LogP contribution in [0.2, 0.25) is 9.36 Å². The summed E-state index contributed by atoms with van der Waals surface area (Å²) in [6.45, 7) is 18.8. The van der Waals surface area contributed by atoms with Gasteiger partial charge in [0.05, 0.1) is 0 Å². The predicted octanol–water partition coefficient (Wildman–Crippen LogP) is 13.2. The normalized spacial score (nSPS) is 20.3. The van der Waals surface area contributed by atoms with Crippen LogP contribution in [0, 0.1) is 44.9 Å². The molecule has 0 bridgehead atoms. The fourth-order valence-corrected chi connectivity index (χ4v) is 27.4. The molecule has 0 radical (unpaired) electrons. The van der Waals surface area contributed by atoms with Gasteiger partial charge in [0.1, 0.15) is 0 Å². The molecule has 1 aliphatic heterocycles. The van der Waals surface area contributed by atoms with Gasteiger partial charge < -0.3 is 0 Å². The van der Waals surface area contributed by atoms with E-state index in [0.717, 1.165) is 0 Å². The monoisotopic (exact) mass is 772 g/mol. The zero-order valence-corrected chi connectivity index (χ0v) is 33.4. The Bertz CT molecular complexity index is 1750. The summed E-state index contributed by atoms with van der Waals surface area (Å²) in [6, 6.07) is 28.8. The second-order valence-electron chi connectivity index (χ2n) is 16.5. The van der Waals surface area contributed by atoms with Crippen LogP contribution in [0.5, 0.6) is 0 Å². The molecule has 1 heterocycles. The number of benzene rings is 4. The molecular weight excluding hydrogens is 719 g/mol. The second-order valence-corrected chi connectivity index (χ2v) is 33.8. The van der Waals surface area contributed by atoms with Crippen LogP contribution in [-0.2, 0) is 20.0 Å². The minimum atomic E-state index is -3.17. The van der Waals surface area contributed by atoms with Crippen LogP contribution in [-0.4, -0.2) is 0 Å².